The molecule has 3 aromatic rings. The van der Waals surface area contributed by atoms with Crippen LogP contribution in [0.3, 0.4) is 0 Å². The highest BCUT2D eigenvalue weighted by molar-refractivity contribution is 7.90. The standard InChI is InChI=1S/C17H18N2O3S2/c1-4-12-5-10-15-16(11-12)23-17(19(15)2)18-24(20,21)14-8-6-13(22-3)7-9-14/h5-11H,4H2,1-3H3/b18-17-. The van der Waals surface area contributed by atoms with Crippen LogP contribution in [0.25, 0.3) is 10.2 Å². The summed E-state index contributed by atoms with van der Waals surface area (Å²) in [6, 6.07) is 12.4. The number of aryl methyl sites for hydroxylation is 2. The van der Waals surface area contributed by atoms with Gasteiger partial charge in [-0.1, -0.05) is 24.3 Å². The van der Waals surface area contributed by atoms with Crippen molar-refractivity contribution in [3.63, 3.8) is 0 Å². The summed E-state index contributed by atoms with van der Waals surface area (Å²) >= 11 is 1.38. The Bertz CT molecular complexity index is 1050. The summed E-state index contributed by atoms with van der Waals surface area (Å²) in [5.41, 5.74) is 2.19. The first-order valence-corrected chi connectivity index (χ1v) is 9.74. The van der Waals surface area contributed by atoms with E-state index >= 15 is 0 Å². The number of thiazole rings is 1. The first-order chi connectivity index (χ1) is 11.4. The summed E-state index contributed by atoms with van der Waals surface area (Å²) in [5, 5.41) is 0. The van der Waals surface area contributed by atoms with Crippen molar-refractivity contribution in [1.82, 2.24) is 4.57 Å². The van der Waals surface area contributed by atoms with E-state index in [2.05, 4.69) is 23.5 Å². The molecule has 1 aromatic heterocycles. The van der Waals surface area contributed by atoms with Crippen molar-refractivity contribution in [3.8, 4) is 5.75 Å². The Hall–Kier alpha value is -2.12. The lowest BCUT2D eigenvalue weighted by Gasteiger charge is -2.01. The van der Waals surface area contributed by atoms with E-state index in [1.165, 1.54) is 36.1 Å². The molecule has 0 fully saturated rings. The lowest BCUT2D eigenvalue weighted by molar-refractivity contribution is 0.414. The maximum atomic E-state index is 12.5. The molecule has 1 heterocycles. The first kappa shape index (κ1) is 16.7. The van der Waals surface area contributed by atoms with Crippen molar-refractivity contribution in [2.45, 2.75) is 18.2 Å². The fraction of sp³-hybridized carbons (Fsp3) is 0.235. The number of ether oxygens (including phenoxy) is 1. The zero-order valence-corrected chi connectivity index (χ0v) is 15.3. The molecule has 0 aliphatic rings. The average Bonchev–Trinajstić information content (AvgIpc) is 2.89. The highest BCUT2D eigenvalue weighted by Gasteiger charge is 2.14. The molecule has 3 rings (SSSR count). The number of fused-ring (bicyclic) bond motifs is 1. The smallest absolute Gasteiger partial charge is 0.285 e. The number of methoxy groups -OCH3 is 1. The van der Waals surface area contributed by atoms with Gasteiger partial charge in [-0.15, -0.1) is 4.40 Å². The molecule has 0 spiro atoms. The number of nitrogens with zero attached hydrogens (tertiary/aromatic N) is 2. The molecule has 7 heteroatoms. The van der Waals surface area contributed by atoms with Gasteiger partial charge in [0.15, 0.2) is 0 Å². The molecule has 0 unspecified atom stereocenters. The van der Waals surface area contributed by atoms with Gasteiger partial charge in [-0.2, -0.15) is 8.42 Å². The van der Waals surface area contributed by atoms with Gasteiger partial charge < -0.3 is 9.30 Å². The summed E-state index contributed by atoms with van der Waals surface area (Å²) in [4.78, 5) is 0.601. The van der Waals surface area contributed by atoms with Crippen molar-refractivity contribution < 1.29 is 13.2 Å². The van der Waals surface area contributed by atoms with E-state index in [-0.39, 0.29) is 4.90 Å². The molecule has 0 saturated carbocycles. The molecule has 0 aliphatic heterocycles. The zero-order chi connectivity index (χ0) is 17.3. The monoisotopic (exact) mass is 362 g/mol. The van der Waals surface area contributed by atoms with Gasteiger partial charge in [-0.3, -0.25) is 0 Å². The highest BCUT2D eigenvalue weighted by atomic mass is 32.2. The van der Waals surface area contributed by atoms with Gasteiger partial charge in [-0.25, -0.2) is 0 Å². The molecule has 0 bridgehead atoms. The molecule has 0 aliphatic carbocycles. The van der Waals surface area contributed by atoms with Crippen molar-refractivity contribution in [3.05, 3.63) is 52.8 Å². The number of benzene rings is 2. The Balaban J connectivity index is 2.12. The fourth-order valence-electron chi connectivity index (χ4n) is 2.39. The molecular formula is C17H18N2O3S2. The van der Waals surface area contributed by atoms with E-state index < -0.39 is 10.0 Å². The molecule has 126 valence electrons. The van der Waals surface area contributed by atoms with Crippen molar-refractivity contribution in [2.75, 3.05) is 7.11 Å². The van der Waals surface area contributed by atoms with E-state index in [1.54, 1.807) is 16.7 Å². The Kier molecular flexibility index (Phi) is 4.47. The minimum atomic E-state index is -3.77. The summed E-state index contributed by atoms with van der Waals surface area (Å²) in [5.74, 6) is 0.605. The van der Waals surface area contributed by atoms with E-state index in [0.717, 1.165) is 16.6 Å². The minimum Gasteiger partial charge on any atom is -0.497 e. The van der Waals surface area contributed by atoms with E-state index in [4.69, 9.17) is 4.74 Å². The molecule has 0 saturated heterocycles. The number of rotatable bonds is 4. The summed E-state index contributed by atoms with van der Waals surface area (Å²) < 4.78 is 37.0. The van der Waals surface area contributed by atoms with Crippen LogP contribution in [0.2, 0.25) is 0 Å². The van der Waals surface area contributed by atoms with Crippen LogP contribution in [0.4, 0.5) is 0 Å². The van der Waals surface area contributed by atoms with Crippen LogP contribution >= 0.6 is 11.3 Å². The summed E-state index contributed by atoms with van der Waals surface area (Å²) in [6.45, 7) is 2.09. The SMILES string of the molecule is CCc1ccc2c(c1)s/c(=N\S(=O)(=O)c1ccc(OC)cc1)n2C. The number of hydrogen-bond donors (Lipinski definition) is 0. The molecule has 0 amide bonds. The van der Waals surface area contributed by atoms with Gasteiger partial charge in [0.2, 0.25) is 4.80 Å². The maximum Gasteiger partial charge on any atom is 0.285 e. The minimum absolute atomic E-state index is 0.148. The van der Waals surface area contributed by atoms with Gasteiger partial charge in [-0.05, 0) is 48.4 Å². The fourth-order valence-corrected chi connectivity index (χ4v) is 4.70. The van der Waals surface area contributed by atoms with Gasteiger partial charge in [0.1, 0.15) is 5.75 Å². The van der Waals surface area contributed by atoms with Crippen molar-refractivity contribution in [1.29, 1.82) is 0 Å². The van der Waals surface area contributed by atoms with Gasteiger partial charge in [0.25, 0.3) is 10.0 Å². The number of hydrogen-bond acceptors (Lipinski definition) is 4. The molecule has 5 nitrogen and oxygen atoms in total. The Labute approximate surface area is 144 Å². The van der Waals surface area contributed by atoms with Crippen molar-refractivity contribution >= 4 is 31.6 Å². The zero-order valence-electron chi connectivity index (χ0n) is 13.7. The Morgan fingerprint density at radius 2 is 1.88 bits per heavy atom. The van der Waals surface area contributed by atoms with Crippen LogP contribution in [0.15, 0.2) is 51.8 Å². The predicted octanol–water partition coefficient (Wildman–Crippen LogP) is 3.10. The third-order valence-corrected chi connectivity index (χ3v) is 6.33. The normalized spacial score (nSPS) is 12.7. The second-order valence-corrected chi connectivity index (χ2v) is 7.95. The molecule has 0 atom stereocenters. The van der Waals surface area contributed by atoms with E-state index in [1.807, 2.05) is 13.1 Å². The first-order valence-electron chi connectivity index (χ1n) is 7.48. The van der Waals surface area contributed by atoms with Gasteiger partial charge in [0, 0.05) is 7.05 Å². The number of aromatic nitrogens is 1. The van der Waals surface area contributed by atoms with Gasteiger partial charge in [0.05, 0.1) is 22.2 Å². The lowest BCUT2D eigenvalue weighted by atomic mass is 10.2. The lowest BCUT2D eigenvalue weighted by Crippen LogP contribution is -2.13. The van der Waals surface area contributed by atoms with Crippen molar-refractivity contribution in [2.24, 2.45) is 11.4 Å². The maximum absolute atomic E-state index is 12.5. The highest BCUT2D eigenvalue weighted by Crippen LogP contribution is 2.20. The van der Waals surface area contributed by atoms with Crippen LogP contribution < -0.4 is 9.54 Å². The summed E-state index contributed by atoms with van der Waals surface area (Å²) in [7, 11) is -0.402. The molecule has 24 heavy (non-hydrogen) atoms. The molecule has 0 N–H and O–H groups in total. The second kappa shape index (κ2) is 6.41. The Morgan fingerprint density at radius 1 is 1.17 bits per heavy atom. The van der Waals surface area contributed by atoms with Crippen LogP contribution in [0.5, 0.6) is 5.75 Å². The average molecular weight is 362 g/mol. The van der Waals surface area contributed by atoms with Crippen LogP contribution in [-0.2, 0) is 23.5 Å². The van der Waals surface area contributed by atoms with Gasteiger partial charge >= 0.3 is 0 Å². The van der Waals surface area contributed by atoms with Crippen LogP contribution in [-0.4, -0.2) is 20.1 Å². The predicted molar refractivity (Wildman–Crippen MR) is 95.9 cm³/mol. The number of sulfonamides is 1. The Morgan fingerprint density at radius 3 is 2.50 bits per heavy atom. The molecule has 2 aromatic carbocycles. The quantitative estimate of drug-likeness (QED) is 0.716. The van der Waals surface area contributed by atoms with Crippen LogP contribution in [0, 0.1) is 0 Å². The third-order valence-electron chi connectivity index (χ3n) is 3.84. The van der Waals surface area contributed by atoms with Crippen LogP contribution in [0.1, 0.15) is 12.5 Å². The topological polar surface area (TPSA) is 60.7 Å². The molecular weight excluding hydrogens is 344 g/mol. The van der Waals surface area contributed by atoms with E-state index in [9.17, 15) is 8.42 Å². The third kappa shape index (κ3) is 3.09. The largest absolute Gasteiger partial charge is 0.497 e. The summed E-state index contributed by atoms with van der Waals surface area (Å²) in [6.07, 6.45) is 0.939. The van der Waals surface area contributed by atoms with E-state index in [0.29, 0.717) is 10.6 Å². The molecule has 0 radical (unpaired) electrons. The second-order valence-electron chi connectivity index (χ2n) is 5.34.